The Morgan fingerprint density at radius 3 is 1.11 bits per heavy atom. The predicted octanol–water partition coefficient (Wildman–Crippen LogP) is -4.30. The maximum absolute atomic E-state index is 9.10. The van der Waals surface area contributed by atoms with Gasteiger partial charge in [-0.05, 0) is 11.0 Å². The van der Waals surface area contributed by atoms with E-state index in [1.807, 2.05) is 0 Å². The predicted molar refractivity (Wildman–Crippen MR) is 40.2 cm³/mol. The van der Waals surface area contributed by atoms with E-state index in [2.05, 4.69) is 0 Å². The molecule has 0 aliphatic heterocycles. The van der Waals surface area contributed by atoms with Crippen LogP contribution in [-0.2, 0) is 9.59 Å². The van der Waals surface area contributed by atoms with Gasteiger partial charge in [0.25, 0.3) is 0 Å². The summed E-state index contributed by atoms with van der Waals surface area (Å²) in [5.41, 5.74) is 0. The third-order valence-electron chi connectivity index (χ3n) is 0.183. The number of carboxylic acids is 2. The second-order valence-electron chi connectivity index (χ2n) is 0.610. The lowest BCUT2D eigenvalue weighted by molar-refractivity contribution is -0.159. The molecule has 0 spiro atoms. The summed E-state index contributed by atoms with van der Waals surface area (Å²) in [6.07, 6.45) is 0. The molecule has 0 bridgehead atoms. The molecular weight excluding hydrogens is 159 g/mol. The third kappa shape index (κ3) is 18.3. The largest absolute Gasteiger partial charge is 0.473 e. The lowest BCUT2D eigenvalue weighted by Gasteiger charge is -1.72. The number of hydrogen-bond acceptors (Lipinski definition) is 2. The number of rotatable bonds is 0. The summed E-state index contributed by atoms with van der Waals surface area (Å²) >= 11 is 0. The van der Waals surface area contributed by atoms with Crippen molar-refractivity contribution < 1.29 is 25.3 Å². The summed E-state index contributed by atoms with van der Waals surface area (Å²) < 4.78 is 0. The van der Waals surface area contributed by atoms with Gasteiger partial charge in [-0.1, -0.05) is 0 Å². The van der Waals surface area contributed by atoms with Crippen molar-refractivity contribution >= 4 is 40.3 Å². The van der Waals surface area contributed by atoms with Gasteiger partial charge >= 0.3 is 11.9 Å². The van der Waals surface area contributed by atoms with Gasteiger partial charge in [0.1, 0.15) is 0 Å². The van der Waals surface area contributed by atoms with Gasteiger partial charge in [-0.3, -0.25) is 0 Å². The van der Waals surface area contributed by atoms with Crippen LogP contribution in [0.15, 0.2) is 0 Å². The molecule has 0 amide bonds. The van der Waals surface area contributed by atoms with Crippen LogP contribution >= 0.6 is 0 Å². The molecule has 0 atom stereocenters. The van der Waals surface area contributed by atoms with Crippen molar-refractivity contribution in [3.05, 3.63) is 0 Å². The highest BCUT2D eigenvalue weighted by atomic mass is 28.1. The van der Waals surface area contributed by atoms with E-state index in [1.54, 1.807) is 0 Å². The molecule has 0 aromatic carbocycles. The Labute approximate surface area is 66.1 Å². The van der Waals surface area contributed by atoms with E-state index in [0.717, 1.165) is 0 Å². The van der Waals surface area contributed by atoms with E-state index in [4.69, 9.17) is 19.8 Å². The molecule has 4 N–H and O–H groups in total. The fourth-order valence-electron chi connectivity index (χ4n) is 0. The Morgan fingerprint density at radius 2 is 1.11 bits per heavy atom. The third-order valence-corrected chi connectivity index (χ3v) is 0.183. The zero-order valence-corrected chi connectivity index (χ0v) is 3.21. The van der Waals surface area contributed by atoms with Crippen LogP contribution in [-0.4, -0.2) is 56.0 Å². The number of aliphatic carboxylic acids is 2. The van der Waals surface area contributed by atoms with E-state index in [9.17, 15) is 0 Å². The topological polar surface area (TPSA) is 106 Å². The summed E-state index contributed by atoms with van der Waals surface area (Å²) in [4.78, 5) is 18.2. The van der Waals surface area contributed by atoms with Gasteiger partial charge in [0.05, 0.1) is 0 Å². The van der Waals surface area contributed by atoms with Crippen molar-refractivity contribution in [3.63, 3.8) is 0 Å². The Morgan fingerprint density at radius 1 is 1.00 bits per heavy atom. The molecule has 0 saturated carbocycles. The Balaban J connectivity index is -0.0000000417. The van der Waals surface area contributed by atoms with Crippen LogP contribution in [0, 0.1) is 0 Å². The Bertz CT molecular complexity index is 81.0. The summed E-state index contributed by atoms with van der Waals surface area (Å²) in [5.74, 6) is -3.65. The lowest BCUT2D eigenvalue weighted by atomic mass is 10.7. The molecule has 56 valence electrons. The van der Waals surface area contributed by atoms with Crippen molar-refractivity contribution in [2.75, 3.05) is 0 Å². The molecule has 0 aliphatic rings. The van der Waals surface area contributed by atoms with Crippen LogP contribution in [0.4, 0.5) is 0 Å². The monoisotopic (exact) mass is 170 g/mol. The second kappa shape index (κ2) is 10.6. The van der Waals surface area contributed by atoms with E-state index >= 15 is 0 Å². The van der Waals surface area contributed by atoms with Crippen LogP contribution in [0.25, 0.3) is 0 Å². The normalized spacial score (nSPS) is 4.89. The fraction of sp³-hybridized carbons (Fsp3) is 0. The van der Waals surface area contributed by atoms with Crippen molar-refractivity contribution in [2.24, 2.45) is 0 Å². The fourth-order valence-corrected chi connectivity index (χ4v) is 0. The highest BCUT2D eigenvalue weighted by molar-refractivity contribution is 6.27. The highest BCUT2D eigenvalue weighted by Gasteiger charge is 2.04. The quantitative estimate of drug-likeness (QED) is 0.283. The van der Waals surface area contributed by atoms with E-state index in [1.165, 1.54) is 0 Å². The smallest absolute Gasteiger partial charge is 0.414 e. The molecule has 0 unspecified atom stereocenters. The maximum Gasteiger partial charge on any atom is 0.414 e. The van der Waals surface area contributed by atoms with Gasteiger partial charge in [0.15, 0.2) is 17.4 Å². The minimum Gasteiger partial charge on any atom is -0.473 e. The summed E-state index contributed by atoms with van der Waals surface area (Å²) in [5, 5.41) is 14.8. The summed E-state index contributed by atoms with van der Waals surface area (Å²) in [6, 6.07) is 0. The molecule has 9 heavy (non-hydrogen) atoms. The first-order valence-electron chi connectivity index (χ1n) is 1.11. The average molecular weight is 170 g/mol. The van der Waals surface area contributed by atoms with Crippen LogP contribution in [0.1, 0.15) is 0 Å². The first kappa shape index (κ1) is 23.4. The number of hydrogen-bond donors (Lipinski definition) is 2. The molecule has 5 nitrogen and oxygen atoms in total. The van der Waals surface area contributed by atoms with Gasteiger partial charge < -0.3 is 15.7 Å². The van der Waals surface area contributed by atoms with E-state index in [0.29, 0.717) is 0 Å². The van der Waals surface area contributed by atoms with Gasteiger partial charge in [0, 0.05) is 0 Å². The molecule has 0 fully saturated rings. The SMILES string of the molecule is O.O=C(O)C(=O)O.[AlH3].[SiH4]. The molecule has 7 heteroatoms. The van der Waals surface area contributed by atoms with Gasteiger partial charge in [-0.15, -0.1) is 0 Å². The molecule has 0 aromatic rings. The summed E-state index contributed by atoms with van der Waals surface area (Å²) in [7, 11) is 0. The first-order chi connectivity index (χ1) is 2.64. The molecular formula is C2H11AlO5Si. The number of carboxylic acid groups (broad SMARTS) is 2. The summed E-state index contributed by atoms with van der Waals surface area (Å²) in [6.45, 7) is 0. The molecule has 0 saturated heterocycles. The van der Waals surface area contributed by atoms with Crippen molar-refractivity contribution in [3.8, 4) is 0 Å². The molecule has 0 heterocycles. The molecule has 0 radical (unpaired) electrons. The van der Waals surface area contributed by atoms with E-state index < -0.39 is 11.9 Å². The van der Waals surface area contributed by atoms with Crippen molar-refractivity contribution in [2.45, 2.75) is 0 Å². The van der Waals surface area contributed by atoms with Crippen molar-refractivity contribution in [1.29, 1.82) is 0 Å². The van der Waals surface area contributed by atoms with Crippen LogP contribution in [0.5, 0.6) is 0 Å². The van der Waals surface area contributed by atoms with Crippen LogP contribution in [0.2, 0.25) is 0 Å². The zero-order valence-electron chi connectivity index (χ0n) is 3.21. The minimum atomic E-state index is -1.82. The van der Waals surface area contributed by atoms with Gasteiger partial charge in [0.2, 0.25) is 0 Å². The average Bonchev–Trinajstić information content (AvgIpc) is 1.36. The van der Waals surface area contributed by atoms with Crippen LogP contribution in [0.3, 0.4) is 0 Å². The Hall–Kier alpha value is -0.351. The highest BCUT2D eigenvalue weighted by Crippen LogP contribution is 1.56. The first-order valence-corrected chi connectivity index (χ1v) is 1.11. The Kier molecular flexibility index (Phi) is 27.6. The second-order valence-corrected chi connectivity index (χ2v) is 0.610. The van der Waals surface area contributed by atoms with Gasteiger partial charge in [-0.2, -0.15) is 0 Å². The van der Waals surface area contributed by atoms with Crippen LogP contribution < -0.4 is 0 Å². The van der Waals surface area contributed by atoms with E-state index in [-0.39, 0.29) is 33.8 Å². The maximum atomic E-state index is 9.10. The minimum absolute atomic E-state index is 0. The lowest BCUT2D eigenvalue weighted by Crippen LogP contribution is -2.09. The number of carbonyl (C=O) groups is 2. The zero-order chi connectivity index (χ0) is 5.15. The molecule has 0 aromatic heterocycles. The standard InChI is InChI=1S/C2H2O4.Al.H2O.H4Si.3H/c3-1(4)2(5)6;;;;;;/h(H,3,4)(H,5,6);;1H2;1H4;;;. The molecule has 0 rings (SSSR count). The van der Waals surface area contributed by atoms with Gasteiger partial charge in [-0.25, -0.2) is 9.59 Å². The molecule has 0 aliphatic carbocycles. The van der Waals surface area contributed by atoms with Crippen molar-refractivity contribution in [1.82, 2.24) is 0 Å².